The van der Waals surface area contributed by atoms with Crippen molar-refractivity contribution < 1.29 is 4.79 Å². The number of amides is 2. The summed E-state index contributed by atoms with van der Waals surface area (Å²) in [6.45, 7) is 0.706. The van der Waals surface area contributed by atoms with Crippen LogP contribution in [0.5, 0.6) is 0 Å². The zero-order valence-electron chi connectivity index (χ0n) is 9.59. The van der Waals surface area contributed by atoms with Crippen LogP contribution < -0.4 is 5.32 Å². The maximum atomic E-state index is 11.7. The zero-order chi connectivity index (χ0) is 12.5. The fourth-order valence-corrected chi connectivity index (χ4v) is 3.27. The highest BCUT2D eigenvalue weighted by Gasteiger charge is 2.30. The topological polar surface area (TPSA) is 56.1 Å². The third-order valence-corrected chi connectivity index (χ3v) is 4.12. The number of carbonyl (C=O) groups is 1. The number of hydrogen-bond donors (Lipinski definition) is 1. The molecule has 1 N–H and O–H groups in total. The summed E-state index contributed by atoms with van der Waals surface area (Å²) in [5.41, 5.74) is 1.14. The molecule has 90 valence electrons. The van der Waals surface area contributed by atoms with E-state index < -0.39 is 0 Å². The number of benzene rings is 1. The molecule has 3 rings (SSSR count). The van der Waals surface area contributed by atoms with E-state index in [2.05, 4.69) is 22.8 Å². The molecule has 1 aliphatic rings. The van der Waals surface area contributed by atoms with Crippen molar-refractivity contribution in [3.63, 3.8) is 0 Å². The number of rotatable bonds is 2. The van der Waals surface area contributed by atoms with Gasteiger partial charge in [0.25, 0.3) is 0 Å². The second-order valence-corrected chi connectivity index (χ2v) is 5.14. The summed E-state index contributed by atoms with van der Waals surface area (Å²) in [7, 11) is 0. The lowest BCUT2D eigenvalue weighted by atomic mass is 10.1. The van der Waals surface area contributed by atoms with Crippen LogP contribution in [0.3, 0.4) is 0 Å². The Kier molecular flexibility index (Phi) is 2.65. The minimum atomic E-state index is -0.156. The Morgan fingerprint density at radius 1 is 1.50 bits per heavy atom. The molecule has 2 aromatic rings. The summed E-state index contributed by atoms with van der Waals surface area (Å²) >= 11 is 1.68. The molecule has 0 aliphatic carbocycles. The molecule has 5 heteroatoms. The molecule has 0 bridgehead atoms. The summed E-state index contributed by atoms with van der Waals surface area (Å²) in [4.78, 5) is 13.2. The number of nitrogens with zero attached hydrogens (tertiary/aromatic N) is 2. The van der Waals surface area contributed by atoms with E-state index in [4.69, 9.17) is 5.26 Å². The summed E-state index contributed by atoms with van der Waals surface area (Å²) in [5, 5.41) is 14.9. The Labute approximate surface area is 108 Å². The minimum Gasteiger partial charge on any atom is -0.329 e. The molecule has 1 saturated heterocycles. The van der Waals surface area contributed by atoms with Crippen molar-refractivity contribution in [1.29, 1.82) is 5.26 Å². The van der Waals surface area contributed by atoms with E-state index in [0.29, 0.717) is 6.54 Å². The fourth-order valence-electron chi connectivity index (χ4n) is 2.26. The van der Waals surface area contributed by atoms with Gasteiger partial charge in [0.2, 0.25) is 0 Å². The second-order valence-electron chi connectivity index (χ2n) is 4.23. The van der Waals surface area contributed by atoms with Crippen molar-refractivity contribution >= 4 is 27.5 Å². The van der Waals surface area contributed by atoms with Crippen LogP contribution in [0.25, 0.3) is 10.1 Å². The molecule has 1 atom stereocenters. The SMILES string of the molecule is N#CCN1CC(c2csc3ccccc23)NC1=O. The molecule has 2 heterocycles. The van der Waals surface area contributed by atoms with Crippen LogP contribution >= 0.6 is 11.3 Å². The molecular weight excluding hydrogens is 246 g/mol. The van der Waals surface area contributed by atoms with Gasteiger partial charge in [0.15, 0.2) is 0 Å². The molecule has 4 nitrogen and oxygen atoms in total. The van der Waals surface area contributed by atoms with Crippen molar-refractivity contribution in [3.8, 4) is 6.07 Å². The highest BCUT2D eigenvalue weighted by atomic mass is 32.1. The van der Waals surface area contributed by atoms with Crippen molar-refractivity contribution in [2.75, 3.05) is 13.1 Å². The second kappa shape index (κ2) is 4.31. The van der Waals surface area contributed by atoms with E-state index in [1.807, 2.05) is 18.2 Å². The van der Waals surface area contributed by atoms with Gasteiger partial charge in [-0.15, -0.1) is 11.3 Å². The van der Waals surface area contributed by atoms with Gasteiger partial charge < -0.3 is 10.2 Å². The summed E-state index contributed by atoms with van der Waals surface area (Å²) in [6, 6.07) is 10.0. The first kappa shape index (κ1) is 11.1. The van der Waals surface area contributed by atoms with E-state index in [-0.39, 0.29) is 18.6 Å². The number of nitriles is 1. The van der Waals surface area contributed by atoms with Crippen LogP contribution in [0.15, 0.2) is 29.6 Å². The Hall–Kier alpha value is -2.06. The predicted octanol–water partition coefficient (Wildman–Crippen LogP) is 2.49. The molecule has 1 unspecified atom stereocenters. The highest BCUT2D eigenvalue weighted by molar-refractivity contribution is 7.17. The Balaban J connectivity index is 1.93. The normalized spacial score (nSPS) is 18.9. The molecule has 2 amide bonds. The standard InChI is InChI=1S/C13H11N3OS/c14-5-6-16-7-11(15-13(16)17)10-8-18-12-4-2-1-3-9(10)12/h1-4,8,11H,6-7H2,(H,15,17). The molecule has 1 aromatic carbocycles. The highest BCUT2D eigenvalue weighted by Crippen LogP contribution is 2.32. The molecule has 1 aromatic heterocycles. The van der Waals surface area contributed by atoms with Crippen LogP contribution in [-0.2, 0) is 0 Å². The number of fused-ring (bicyclic) bond motifs is 1. The zero-order valence-corrected chi connectivity index (χ0v) is 10.4. The predicted molar refractivity (Wildman–Crippen MR) is 70.3 cm³/mol. The Morgan fingerprint density at radius 2 is 2.33 bits per heavy atom. The van der Waals surface area contributed by atoms with Gasteiger partial charge in [0.1, 0.15) is 6.54 Å². The average molecular weight is 257 g/mol. The van der Waals surface area contributed by atoms with Crippen LogP contribution in [0, 0.1) is 11.3 Å². The van der Waals surface area contributed by atoms with Crippen LogP contribution in [0.1, 0.15) is 11.6 Å². The maximum Gasteiger partial charge on any atom is 0.318 e. The number of thiophene rings is 1. The molecule has 0 saturated carbocycles. The summed E-state index contributed by atoms with van der Waals surface area (Å²) in [5.74, 6) is 0. The van der Waals surface area contributed by atoms with Gasteiger partial charge in [-0.3, -0.25) is 0 Å². The fraction of sp³-hybridized carbons (Fsp3) is 0.231. The lowest BCUT2D eigenvalue weighted by Crippen LogP contribution is -2.28. The minimum absolute atomic E-state index is 0.0120. The van der Waals surface area contributed by atoms with Crippen molar-refractivity contribution in [2.24, 2.45) is 0 Å². The van der Waals surface area contributed by atoms with Crippen molar-refractivity contribution in [2.45, 2.75) is 6.04 Å². The average Bonchev–Trinajstić information content (AvgIpc) is 2.94. The van der Waals surface area contributed by atoms with Gasteiger partial charge in [-0.05, 0) is 22.4 Å². The molecule has 0 spiro atoms. The van der Waals surface area contributed by atoms with Crippen LogP contribution in [0.4, 0.5) is 4.79 Å². The first-order valence-corrected chi connectivity index (χ1v) is 6.56. The molecule has 18 heavy (non-hydrogen) atoms. The largest absolute Gasteiger partial charge is 0.329 e. The summed E-state index contributed by atoms with van der Waals surface area (Å²) in [6.07, 6.45) is 0. The number of hydrogen-bond acceptors (Lipinski definition) is 3. The van der Waals surface area contributed by atoms with Gasteiger partial charge in [0.05, 0.1) is 12.1 Å². The third-order valence-electron chi connectivity index (χ3n) is 3.14. The lowest BCUT2D eigenvalue weighted by molar-refractivity contribution is 0.222. The van der Waals surface area contributed by atoms with Crippen molar-refractivity contribution in [3.05, 3.63) is 35.2 Å². The first-order chi connectivity index (χ1) is 8.79. The van der Waals surface area contributed by atoms with E-state index in [9.17, 15) is 4.79 Å². The quantitative estimate of drug-likeness (QED) is 0.840. The molecular formula is C13H11N3OS. The number of urea groups is 1. The van der Waals surface area contributed by atoms with Gasteiger partial charge in [0, 0.05) is 11.2 Å². The monoisotopic (exact) mass is 257 g/mol. The third kappa shape index (κ3) is 1.71. The molecule has 1 aliphatic heterocycles. The van der Waals surface area contributed by atoms with Crippen LogP contribution in [-0.4, -0.2) is 24.0 Å². The van der Waals surface area contributed by atoms with E-state index in [1.54, 1.807) is 11.3 Å². The van der Waals surface area contributed by atoms with Gasteiger partial charge in [-0.2, -0.15) is 5.26 Å². The number of nitrogens with one attached hydrogen (secondary N) is 1. The van der Waals surface area contributed by atoms with Gasteiger partial charge in [-0.25, -0.2) is 4.79 Å². The number of carbonyl (C=O) groups excluding carboxylic acids is 1. The molecule has 0 radical (unpaired) electrons. The van der Waals surface area contributed by atoms with E-state index >= 15 is 0 Å². The van der Waals surface area contributed by atoms with Gasteiger partial charge in [-0.1, -0.05) is 18.2 Å². The first-order valence-electron chi connectivity index (χ1n) is 5.68. The molecule has 1 fully saturated rings. The Bertz CT molecular complexity index is 643. The Morgan fingerprint density at radius 3 is 3.17 bits per heavy atom. The van der Waals surface area contributed by atoms with Gasteiger partial charge >= 0.3 is 6.03 Å². The summed E-state index contributed by atoms with van der Waals surface area (Å²) < 4.78 is 1.22. The van der Waals surface area contributed by atoms with E-state index in [0.717, 1.165) is 5.56 Å². The lowest BCUT2D eigenvalue weighted by Gasteiger charge is -2.09. The smallest absolute Gasteiger partial charge is 0.318 e. The van der Waals surface area contributed by atoms with Crippen LogP contribution in [0.2, 0.25) is 0 Å². The maximum absolute atomic E-state index is 11.7. The van der Waals surface area contributed by atoms with E-state index in [1.165, 1.54) is 15.0 Å². The van der Waals surface area contributed by atoms with Crippen molar-refractivity contribution in [1.82, 2.24) is 10.2 Å².